The first-order chi connectivity index (χ1) is 4.63. The largest absolute Gasteiger partial charge is 0.468 e. The Morgan fingerprint density at radius 3 is 2.30 bits per heavy atom. The summed E-state index contributed by atoms with van der Waals surface area (Å²) >= 11 is 4.01. The summed E-state index contributed by atoms with van der Waals surface area (Å²) in [7, 11) is 5.01. The van der Waals surface area contributed by atoms with Crippen molar-refractivity contribution in [2.75, 3.05) is 27.0 Å². The molecular formula is C6H13NO2S. The summed E-state index contributed by atoms with van der Waals surface area (Å²) in [5.74, 6) is 0.250. The quantitative estimate of drug-likeness (QED) is 0.470. The van der Waals surface area contributed by atoms with Gasteiger partial charge in [0.15, 0.2) is 0 Å². The van der Waals surface area contributed by atoms with Crippen molar-refractivity contribution in [3.05, 3.63) is 0 Å². The highest BCUT2D eigenvalue weighted by atomic mass is 32.1. The minimum absolute atomic E-state index is 0.228. The van der Waals surface area contributed by atoms with Gasteiger partial charge in [0, 0.05) is 5.75 Å². The Balaban J connectivity index is 3.93. The first-order valence-electron chi connectivity index (χ1n) is 2.98. The minimum Gasteiger partial charge on any atom is -0.468 e. The van der Waals surface area contributed by atoms with Crippen LogP contribution in [0.2, 0.25) is 0 Å². The SMILES string of the molecule is COC(=O)C(CS)N(C)C. The Kier molecular flexibility index (Phi) is 4.47. The summed E-state index contributed by atoms with van der Waals surface area (Å²) in [6.07, 6.45) is 0. The summed E-state index contributed by atoms with van der Waals surface area (Å²) < 4.78 is 4.54. The summed E-state index contributed by atoms with van der Waals surface area (Å²) in [5, 5.41) is 0. The number of carbonyl (C=O) groups excluding carboxylic acids is 1. The zero-order valence-corrected chi connectivity index (χ0v) is 7.39. The average molecular weight is 163 g/mol. The van der Waals surface area contributed by atoms with E-state index in [0.717, 1.165) is 0 Å². The lowest BCUT2D eigenvalue weighted by Crippen LogP contribution is -2.38. The maximum Gasteiger partial charge on any atom is 0.323 e. The molecule has 0 saturated carbocycles. The van der Waals surface area contributed by atoms with Crippen molar-refractivity contribution in [3.63, 3.8) is 0 Å². The number of rotatable bonds is 3. The number of ether oxygens (including phenoxy) is 1. The van der Waals surface area contributed by atoms with E-state index in [1.165, 1.54) is 7.11 Å². The van der Waals surface area contributed by atoms with E-state index in [-0.39, 0.29) is 12.0 Å². The molecule has 0 aromatic rings. The number of carbonyl (C=O) groups is 1. The van der Waals surface area contributed by atoms with Gasteiger partial charge >= 0.3 is 5.97 Å². The number of hydrogen-bond acceptors (Lipinski definition) is 4. The van der Waals surface area contributed by atoms with Crippen LogP contribution in [0.15, 0.2) is 0 Å². The third-order valence-corrected chi connectivity index (χ3v) is 1.62. The number of thiol groups is 1. The zero-order valence-electron chi connectivity index (χ0n) is 6.50. The summed E-state index contributed by atoms with van der Waals surface area (Å²) in [4.78, 5) is 12.6. The molecule has 1 atom stereocenters. The lowest BCUT2D eigenvalue weighted by Gasteiger charge is -2.18. The lowest BCUT2D eigenvalue weighted by atomic mass is 10.3. The predicted molar refractivity (Wildman–Crippen MR) is 43.3 cm³/mol. The second-order valence-corrected chi connectivity index (χ2v) is 2.55. The molecule has 0 fully saturated rings. The van der Waals surface area contributed by atoms with Crippen LogP contribution in [-0.2, 0) is 9.53 Å². The van der Waals surface area contributed by atoms with Crippen LogP contribution in [0, 0.1) is 0 Å². The Bertz CT molecular complexity index is 116. The van der Waals surface area contributed by atoms with E-state index in [2.05, 4.69) is 17.4 Å². The molecule has 0 saturated heterocycles. The smallest absolute Gasteiger partial charge is 0.323 e. The normalized spacial score (nSPS) is 13.3. The number of likely N-dealkylation sites (N-methyl/N-ethyl adjacent to an activating group) is 1. The van der Waals surface area contributed by atoms with Crippen LogP contribution in [0.3, 0.4) is 0 Å². The Morgan fingerprint density at radius 1 is 1.70 bits per heavy atom. The van der Waals surface area contributed by atoms with E-state index >= 15 is 0 Å². The first kappa shape index (κ1) is 9.78. The molecule has 3 nitrogen and oxygen atoms in total. The highest BCUT2D eigenvalue weighted by molar-refractivity contribution is 7.80. The van der Waals surface area contributed by atoms with Crippen LogP contribution in [0.1, 0.15) is 0 Å². The molecule has 10 heavy (non-hydrogen) atoms. The van der Waals surface area contributed by atoms with E-state index in [0.29, 0.717) is 5.75 Å². The van der Waals surface area contributed by atoms with Crippen molar-refractivity contribution in [2.45, 2.75) is 6.04 Å². The van der Waals surface area contributed by atoms with Gasteiger partial charge in [0.05, 0.1) is 7.11 Å². The van der Waals surface area contributed by atoms with E-state index in [1.807, 2.05) is 14.1 Å². The van der Waals surface area contributed by atoms with Gasteiger partial charge in [-0.25, -0.2) is 0 Å². The number of nitrogens with zero attached hydrogens (tertiary/aromatic N) is 1. The standard InChI is InChI=1S/C6H13NO2S/c1-7(2)5(4-10)6(8)9-3/h5,10H,4H2,1-3H3. The van der Waals surface area contributed by atoms with Crippen molar-refractivity contribution in [1.82, 2.24) is 4.90 Å². The predicted octanol–water partition coefficient (Wildman–Crippen LogP) is 0.0194. The first-order valence-corrected chi connectivity index (χ1v) is 3.61. The molecule has 0 bridgehead atoms. The Hall–Kier alpha value is -0.220. The Morgan fingerprint density at radius 2 is 2.20 bits per heavy atom. The highest BCUT2D eigenvalue weighted by Gasteiger charge is 2.18. The Labute approximate surface area is 66.8 Å². The molecule has 0 amide bonds. The maximum atomic E-state index is 10.9. The van der Waals surface area contributed by atoms with E-state index < -0.39 is 0 Å². The molecule has 0 aromatic heterocycles. The molecular weight excluding hydrogens is 150 g/mol. The van der Waals surface area contributed by atoms with Crippen molar-refractivity contribution >= 4 is 18.6 Å². The number of hydrogen-bond donors (Lipinski definition) is 1. The van der Waals surface area contributed by atoms with Crippen LogP contribution in [-0.4, -0.2) is 43.9 Å². The molecule has 0 spiro atoms. The monoisotopic (exact) mass is 163 g/mol. The minimum atomic E-state index is -0.236. The van der Waals surface area contributed by atoms with Gasteiger partial charge in [0.25, 0.3) is 0 Å². The van der Waals surface area contributed by atoms with Gasteiger partial charge in [-0.2, -0.15) is 12.6 Å². The molecule has 0 radical (unpaired) electrons. The molecule has 1 unspecified atom stereocenters. The molecule has 0 aromatic carbocycles. The van der Waals surface area contributed by atoms with Crippen LogP contribution >= 0.6 is 12.6 Å². The van der Waals surface area contributed by atoms with Gasteiger partial charge < -0.3 is 4.74 Å². The molecule has 0 aliphatic heterocycles. The second-order valence-electron chi connectivity index (χ2n) is 2.19. The van der Waals surface area contributed by atoms with Crippen LogP contribution in [0.5, 0.6) is 0 Å². The van der Waals surface area contributed by atoms with Crippen molar-refractivity contribution < 1.29 is 9.53 Å². The number of esters is 1. The molecule has 0 heterocycles. The van der Waals surface area contributed by atoms with Gasteiger partial charge in [0.2, 0.25) is 0 Å². The summed E-state index contributed by atoms with van der Waals surface area (Å²) in [5.41, 5.74) is 0. The van der Waals surface area contributed by atoms with Gasteiger partial charge in [-0.15, -0.1) is 0 Å². The average Bonchev–Trinajstić information content (AvgIpc) is 1.88. The second kappa shape index (κ2) is 4.57. The van der Waals surface area contributed by atoms with E-state index in [9.17, 15) is 4.79 Å². The maximum absolute atomic E-state index is 10.9. The fourth-order valence-corrected chi connectivity index (χ4v) is 1.06. The topological polar surface area (TPSA) is 29.5 Å². The molecule has 60 valence electrons. The summed E-state index contributed by atoms with van der Waals surface area (Å²) in [6.45, 7) is 0. The van der Waals surface area contributed by atoms with Crippen LogP contribution in [0.4, 0.5) is 0 Å². The van der Waals surface area contributed by atoms with Crippen molar-refractivity contribution in [2.24, 2.45) is 0 Å². The molecule has 0 aliphatic carbocycles. The number of methoxy groups -OCH3 is 1. The molecule has 0 rings (SSSR count). The van der Waals surface area contributed by atoms with Crippen LogP contribution < -0.4 is 0 Å². The fourth-order valence-electron chi connectivity index (χ4n) is 0.585. The van der Waals surface area contributed by atoms with Crippen molar-refractivity contribution in [1.29, 1.82) is 0 Å². The van der Waals surface area contributed by atoms with Gasteiger partial charge in [-0.3, -0.25) is 9.69 Å². The van der Waals surface area contributed by atoms with E-state index in [4.69, 9.17) is 0 Å². The van der Waals surface area contributed by atoms with Crippen molar-refractivity contribution in [3.8, 4) is 0 Å². The van der Waals surface area contributed by atoms with Gasteiger partial charge in [-0.1, -0.05) is 0 Å². The van der Waals surface area contributed by atoms with Gasteiger partial charge in [0.1, 0.15) is 6.04 Å². The van der Waals surface area contributed by atoms with Crippen LogP contribution in [0.25, 0.3) is 0 Å². The molecule has 0 N–H and O–H groups in total. The van der Waals surface area contributed by atoms with Gasteiger partial charge in [-0.05, 0) is 14.1 Å². The third kappa shape index (κ3) is 2.58. The molecule has 4 heteroatoms. The third-order valence-electron chi connectivity index (χ3n) is 1.27. The fraction of sp³-hybridized carbons (Fsp3) is 0.833. The molecule has 0 aliphatic rings. The summed E-state index contributed by atoms with van der Waals surface area (Å²) in [6, 6.07) is -0.228. The zero-order chi connectivity index (χ0) is 8.15. The highest BCUT2D eigenvalue weighted by Crippen LogP contribution is 1.97. The van der Waals surface area contributed by atoms with E-state index in [1.54, 1.807) is 4.90 Å². The lowest BCUT2D eigenvalue weighted by molar-refractivity contribution is -0.145.